The Hall–Kier alpha value is -1.39. The van der Waals surface area contributed by atoms with Crippen LogP contribution in [0.5, 0.6) is 0 Å². The Morgan fingerprint density at radius 2 is 2.06 bits per heavy atom. The fourth-order valence-corrected chi connectivity index (χ4v) is 2.12. The molecule has 0 aliphatic heterocycles. The fourth-order valence-electron chi connectivity index (χ4n) is 1.74. The third-order valence-corrected chi connectivity index (χ3v) is 3.03. The number of benzene rings is 1. The Morgan fingerprint density at radius 1 is 1.24 bits per heavy atom. The van der Waals surface area contributed by atoms with Crippen molar-refractivity contribution in [3.8, 4) is 0 Å². The highest BCUT2D eigenvalue weighted by Crippen LogP contribution is 2.23. The van der Waals surface area contributed by atoms with Gasteiger partial charge < -0.3 is 0 Å². The van der Waals surface area contributed by atoms with Crippen LogP contribution in [0, 0.1) is 0 Å². The van der Waals surface area contributed by atoms with Crippen molar-refractivity contribution < 1.29 is 0 Å². The number of aryl methyl sites for hydroxylation is 1. The molecule has 86 valence electrons. The number of hydrogen-bond acceptors (Lipinski definition) is 3. The summed E-state index contributed by atoms with van der Waals surface area (Å²) in [6.07, 6.45) is 0.750. The summed E-state index contributed by atoms with van der Waals surface area (Å²) in [6, 6.07) is 5.42. The van der Waals surface area contributed by atoms with E-state index in [1.165, 1.54) is 0 Å². The van der Waals surface area contributed by atoms with Crippen molar-refractivity contribution in [3.63, 3.8) is 0 Å². The van der Waals surface area contributed by atoms with Crippen molar-refractivity contribution in [1.29, 1.82) is 0 Å². The second-order valence-corrected chi connectivity index (χ2v) is 4.43. The maximum Gasteiger partial charge on any atom is 0.226 e. The molecule has 0 amide bonds. The Kier molecular flexibility index (Phi) is 2.42. The zero-order chi connectivity index (χ0) is 12.0. The fraction of sp³-hybridized carbons (Fsp3) is 0.182. The summed E-state index contributed by atoms with van der Waals surface area (Å²) in [5.41, 5.74) is 1.46. The molecular formula is C11H8Cl2N4. The monoisotopic (exact) mass is 266 g/mol. The maximum atomic E-state index is 6.06. The van der Waals surface area contributed by atoms with Crippen LogP contribution in [0.15, 0.2) is 18.2 Å². The average Bonchev–Trinajstić information content (AvgIpc) is 2.75. The van der Waals surface area contributed by atoms with Gasteiger partial charge in [0.2, 0.25) is 5.28 Å². The lowest BCUT2D eigenvalue weighted by molar-refractivity contribution is 0.872. The van der Waals surface area contributed by atoms with Gasteiger partial charge in [-0.1, -0.05) is 18.5 Å². The minimum absolute atomic E-state index is 0.307. The number of halogens is 2. The second-order valence-electron chi connectivity index (χ2n) is 3.66. The molecule has 4 nitrogen and oxygen atoms in total. The molecule has 0 saturated heterocycles. The molecule has 0 fully saturated rings. The van der Waals surface area contributed by atoms with E-state index in [4.69, 9.17) is 23.2 Å². The van der Waals surface area contributed by atoms with Crippen molar-refractivity contribution in [2.24, 2.45) is 0 Å². The summed E-state index contributed by atoms with van der Waals surface area (Å²) >= 11 is 12.0. The van der Waals surface area contributed by atoms with Gasteiger partial charge in [0.15, 0.2) is 11.5 Å². The summed E-state index contributed by atoms with van der Waals surface area (Å²) in [5, 5.41) is 6.08. The number of aromatic nitrogens is 4. The molecule has 3 aromatic rings. The molecule has 1 aromatic carbocycles. The first-order valence-corrected chi connectivity index (χ1v) is 5.95. The van der Waals surface area contributed by atoms with Crippen molar-refractivity contribution in [1.82, 2.24) is 19.6 Å². The van der Waals surface area contributed by atoms with E-state index in [1.54, 1.807) is 10.6 Å². The first kappa shape index (κ1) is 10.7. The smallest absolute Gasteiger partial charge is 0.218 e. The lowest BCUT2D eigenvalue weighted by Gasteiger charge is -2.01. The lowest BCUT2D eigenvalue weighted by atomic mass is 10.2. The first-order chi connectivity index (χ1) is 8.19. The third kappa shape index (κ3) is 1.64. The van der Waals surface area contributed by atoms with E-state index < -0.39 is 0 Å². The van der Waals surface area contributed by atoms with Crippen LogP contribution in [-0.2, 0) is 6.42 Å². The van der Waals surface area contributed by atoms with E-state index in [0.717, 1.165) is 23.1 Å². The number of rotatable bonds is 1. The SMILES string of the molecule is CCc1nc2c3cc(Cl)ccc3nc(Cl)n2n1. The summed E-state index contributed by atoms with van der Waals surface area (Å²) in [5.74, 6) is 0.737. The minimum atomic E-state index is 0.307. The van der Waals surface area contributed by atoms with Crippen molar-refractivity contribution in [3.05, 3.63) is 34.3 Å². The lowest BCUT2D eigenvalue weighted by Crippen LogP contribution is -1.95. The molecule has 0 N–H and O–H groups in total. The van der Waals surface area contributed by atoms with Gasteiger partial charge in [-0.2, -0.15) is 4.52 Å². The normalized spacial score (nSPS) is 11.5. The van der Waals surface area contributed by atoms with Gasteiger partial charge >= 0.3 is 0 Å². The van der Waals surface area contributed by atoms with E-state index in [2.05, 4.69) is 15.1 Å². The highest BCUT2D eigenvalue weighted by Gasteiger charge is 2.11. The quantitative estimate of drug-likeness (QED) is 0.636. The van der Waals surface area contributed by atoms with Gasteiger partial charge in [-0.25, -0.2) is 9.97 Å². The molecule has 0 bridgehead atoms. The molecule has 3 rings (SSSR count). The van der Waals surface area contributed by atoms with Crippen LogP contribution in [0.25, 0.3) is 16.6 Å². The summed E-state index contributed by atoms with van der Waals surface area (Å²) in [7, 11) is 0. The minimum Gasteiger partial charge on any atom is -0.218 e. The van der Waals surface area contributed by atoms with E-state index in [9.17, 15) is 0 Å². The molecule has 0 radical (unpaired) electrons. The number of hydrogen-bond donors (Lipinski definition) is 0. The largest absolute Gasteiger partial charge is 0.226 e. The highest BCUT2D eigenvalue weighted by molar-refractivity contribution is 6.32. The van der Waals surface area contributed by atoms with Crippen molar-refractivity contribution >= 4 is 39.8 Å². The van der Waals surface area contributed by atoms with E-state index in [0.29, 0.717) is 16.0 Å². The Balaban J connectivity index is 2.51. The molecule has 2 aromatic heterocycles. The highest BCUT2D eigenvalue weighted by atomic mass is 35.5. The Labute approximate surface area is 107 Å². The van der Waals surface area contributed by atoms with Gasteiger partial charge in [0, 0.05) is 16.8 Å². The molecular weight excluding hydrogens is 259 g/mol. The van der Waals surface area contributed by atoms with Gasteiger partial charge in [0.05, 0.1) is 5.52 Å². The van der Waals surface area contributed by atoms with Crippen molar-refractivity contribution in [2.75, 3.05) is 0 Å². The van der Waals surface area contributed by atoms with Crippen molar-refractivity contribution in [2.45, 2.75) is 13.3 Å². The first-order valence-electron chi connectivity index (χ1n) is 5.19. The van der Waals surface area contributed by atoms with Crippen LogP contribution in [0.1, 0.15) is 12.7 Å². The van der Waals surface area contributed by atoms with Crippen LogP contribution in [-0.4, -0.2) is 19.6 Å². The average molecular weight is 267 g/mol. The molecule has 0 spiro atoms. The van der Waals surface area contributed by atoms with Crippen LogP contribution in [0.2, 0.25) is 10.3 Å². The zero-order valence-corrected chi connectivity index (χ0v) is 10.5. The summed E-state index contributed by atoms with van der Waals surface area (Å²) < 4.78 is 1.54. The van der Waals surface area contributed by atoms with Gasteiger partial charge in [0.1, 0.15) is 0 Å². The molecule has 0 aliphatic carbocycles. The molecule has 2 heterocycles. The van der Waals surface area contributed by atoms with Gasteiger partial charge in [-0.15, -0.1) is 5.10 Å². The van der Waals surface area contributed by atoms with Crippen LogP contribution in [0.3, 0.4) is 0 Å². The third-order valence-electron chi connectivity index (χ3n) is 2.55. The Bertz CT molecular complexity index is 720. The van der Waals surface area contributed by atoms with E-state index in [-0.39, 0.29) is 0 Å². The Morgan fingerprint density at radius 3 is 2.82 bits per heavy atom. The maximum absolute atomic E-state index is 6.06. The van der Waals surface area contributed by atoms with Crippen LogP contribution < -0.4 is 0 Å². The molecule has 0 unspecified atom stereocenters. The standard InChI is InChI=1S/C11H8Cl2N4/c1-2-9-15-10-7-5-6(12)3-4-8(7)14-11(13)17(10)16-9/h3-5H,2H2,1H3. The number of fused-ring (bicyclic) bond motifs is 3. The van der Waals surface area contributed by atoms with Gasteiger partial charge in [0.25, 0.3) is 0 Å². The van der Waals surface area contributed by atoms with Gasteiger partial charge in [-0.3, -0.25) is 0 Å². The van der Waals surface area contributed by atoms with Gasteiger partial charge in [-0.05, 0) is 29.8 Å². The molecule has 6 heteroatoms. The summed E-state index contributed by atoms with van der Waals surface area (Å²) in [4.78, 5) is 8.69. The second kappa shape index (κ2) is 3.82. The molecule has 0 aliphatic rings. The van der Waals surface area contributed by atoms with E-state index >= 15 is 0 Å². The van der Waals surface area contributed by atoms with Crippen LogP contribution >= 0.6 is 23.2 Å². The number of nitrogens with zero attached hydrogens (tertiary/aromatic N) is 4. The topological polar surface area (TPSA) is 43.1 Å². The molecule has 0 atom stereocenters. The summed E-state index contributed by atoms with van der Waals surface area (Å²) in [6.45, 7) is 1.99. The zero-order valence-electron chi connectivity index (χ0n) is 8.98. The van der Waals surface area contributed by atoms with E-state index in [1.807, 2.05) is 19.1 Å². The predicted molar refractivity (Wildman–Crippen MR) is 67.7 cm³/mol. The van der Waals surface area contributed by atoms with Crippen LogP contribution in [0.4, 0.5) is 0 Å². The molecule has 0 saturated carbocycles. The molecule has 17 heavy (non-hydrogen) atoms. The predicted octanol–water partition coefficient (Wildman–Crippen LogP) is 3.15.